The topological polar surface area (TPSA) is 81.1 Å². The molecule has 7 heteroatoms. The first-order chi connectivity index (χ1) is 15.7. The molecule has 1 fully saturated rings. The maximum atomic E-state index is 13.6. The molecule has 0 radical (unpaired) electrons. The number of carbonyl (C=O) groups excluding carboxylic acids is 1. The first-order valence-corrected chi connectivity index (χ1v) is 11.0. The Morgan fingerprint density at radius 1 is 1.18 bits per heavy atom. The van der Waals surface area contributed by atoms with Gasteiger partial charge in [0, 0.05) is 11.0 Å². The van der Waals surface area contributed by atoms with Crippen molar-refractivity contribution in [2.45, 2.75) is 44.6 Å². The summed E-state index contributed by atoms with van der Waals surface area (Å²) in [6.07, 6.45) is 6.70. The van der Waals surface area contributed by atoms with E-state index in [4.69, 9.17) is 5.73 Å². The van der Waals surface area contributed by atoms with Crippen molar-refractivity contribution >= 4 is 12.0 Å². The molecule has 2 atom stereocenters. The Morgan fingerprint density at radius 2 is 1.91 bits per heavy atom. The van der Waals surface area contributed by atoms with Crippen molar-refractivity contribution in [3.63, 3.8) is 0 Å². The fourth-order valence-corrected chi connectivity index (χ4v) is 5.46. The third-order valence-electron chi connectivity index (χ3n) is 7.50. The average molecular weight is 450 g/mol. The molecule has 0 aliphatic heterocycles. The fraction of sp³-hybridized carbons (Fsp3) is 0.308. The molecule has 2 aliphatic rings. The average Bonchev–Trinajstić information content (AvgIpc) is 3.29. The Hall–Kier alpha value is -3.32. The van der Waals surface area contributed by atoms with Gasteiger partial charge in [-0.2, -0.15) is 5.10 Å². The second kappa shape index (κ2) is 7.63. The molecule has 2 aliphatic carbocycles. The Bertz CT molecular complexity index is 1280. The number of nitrogens with two attached hydrogens (primary N) is 1. The third-order valence-corrected chi connectivity index (χ3v) is 7.50. The number of halogens is 2. The number of aliphatic hydroxyl groups is 1. The van der Waals surface area contributed by atoms with Gasteiger partial charge in [-0.15, -0.1) is 0 Å². The molecule has 5 nitrogen and oxygen atoms in total. The van der Waals surface area contributed by atoms with E-state index in [9.17, 15) is 18.7 Å². The minimum Gasteiger partial charge on any atom is -0.389 e. The Balaban J connectivity index is 1.43. The molecule has 3 N–H and O–H groups in total. The molecule has 1 aromatic heterocycles. The van der Waals surface area contributed by atoms with Crippen molar-refractivity contribution in [2.24, 2.45) is 11.1 Å². The molecule has 1 heterocycles. The van der Waals surface area contributed by atoms with E-state index >= 15 is 0 Å². The van der Waals surface area contributed by atoms with Crippen LogP contribution >= 0.6 is 0 Å². The van der Waals surface area contributed by atoms with Gasteiger partial charge in [-0.3, -0.25) is 4.79 Å². The van der Waals surface area contributed by atoms with E-state index in [0.29, 0.717) is 31.2 Å². The highest BCUT2D eigenvalue weighted by Crippen LogP contribution is 2.56. The fourth-order valence-electron chi connectivity index (χ4n) is 5.46. The minimum atomic E-state index is -0.988. The lowest BCUT2D eigenvalue weighted by molar-refractivity contribution is -0.0461. The quantitative estimate of drug-likeness (QED) is 0.608. The number of hydrogen-bond acceptors (Lipinski definition) is 3. The number of benzene rings is 2. The molecule has 1 saturated carbocycles. The van der Waals surface area contributed by atoms with Gasteiger partial charge in [-0.05, 0) is 85.7 Å². The molecule has 0 saturated heterocycles. The van der Waals surface area contributed by atoms with Crippen LogP contribution in [0.5, 0.6) is 0 Å². The predicted octanol–water partition coefficient (Wildman–Crippen LogP) is 4.35. The largest absolute Gasteiger partial charge is 0.389 e. The van der Waals surface area contributed by atoms with Gasteiger partial charge in [0.15, 0.2) is 0 Å². The summed E-state index contributed by atoms with van der Waals surface area (Å²) in [4.78, 5) is 11.8. The lowest BCUT2D eigenvalue weighted by atomic mass is 9.65. The van der Waals surface area contributed by atoms with E-state index in [-0.39, 0.29) is 11.4 Å². The second-order valence-electron chi connectivity index (χ2n) is 9.32. The van der Waals surface area contributed by atoms with Crippen molar-refractivity contribution in [3.05, 3.63) is 88.3 Å². The molecular weight excluding hydrogens is 424 g/mol. The molecular formula is C26H25F2N3O2. The number of carbonyl (C=O) groups is 1. The summed E-state index contributed by atoms with van der Waals surface area (Å²) in [6.45, 7) is 2.07. The normalized spacial score (nSPS) is 23.7. The molecule has 170 valence electrons. The van der Waals surface area contributed by atoms with Crippen LogP contribution in [0.4, 0.5) is 8.78 Å². The maximum absolute atomic E-state index is 13.6. The van der Waals surface area contributed by atoms with E-state index in [1.54, 1.807) is 29.1 Å². The van der Waals surface area contributed by atoms with Crippen molar-refractivity contribution in [2.75, 3.05) is 0 Å². The van der Waals surface area contributed by atoms with Crippen LogP contribution in [0.15, 0.2) is 54.2 Å². The molecule has 3 aromatic rings. The molecule has 1 amide bonds. The second-order valence-corrected chi connectivity index (χ2v) is 9.32. The summed E-state index contributed by atoms with van der Waals surface area (Å²) in [5.41, 5.74) is 8.66. The molecule has 0 bridgehead atoms. The minimum absolute atomic E-state index is 0.157. The van der Waals surface area contributed by atoms with Crippen LogP contribution < -0.4 is 5.73 Å². The lowest BCUT2D eigenvalue weighted by Gasteiger charge is -2.42. The van der Waals surface area contributed by atoms with Gasteiger partial charge in [0.2, 0.25) is 5.91 Å². The van der Waals surface area contributed by atoms with Gasteiger partial charge in [0.1, 0.15) is 11.6 Å². The van der Waals surface area contributed by atoms with Crippen LogP contribution in [0.3, 0.4) is 0 Å². The SMILES string of the molecule is CC12Cc3cnn(-c4ccc(F)cc4)c3C=C1CC[C@@]2(O)CCc1ccc(F)cc1C(N)=O. The summed E-state index contributed by atoms with van der Waals surface area (Å²) in [5, 5.41) is 16.3. The molecule has 0 spiro atoms. The van der Waals surface area contributed by atoms with Crippen LogP contribution in [0, 0.1) is 17.0 Å². The first kappa shape index (κ1) is 21.5. The maximum Gasteiger partial charge on any atom is 0.249 e. The zero-order chi connectivity index (χ0) is 23.4. The molecule has 33 heavy (non-hydrogen) atoms. The van der Waals surface area contributed by atoms with Crippen LogP contribution in [-0.2, 0) is 12.8 Å². The predicted molar refractivity (Wildman–Crippen MR) is 121 cm³/mol. The van der Waals surface area contributed by atoms with Gasteiger partial charge in [0.25, 0.3) is 0 Å². The van der Waals surface area contributed by atoms with Crippen molar-refractivity contribution < 1.29 is 18.7 Å². The molecule has 2 aromatic carbocycles. The summed E-state index contributed by atoms with van der Waals surface area (Å²) >= 11 is 0. The van der Waals surface area contributed by atoms with Crippen molar-refractivity contribution in [3.8, 4) is 5.69 Å². The number of fused-ring (bicyclic) bond motifs is 2. The zero-order valence-corrected chi connectivity index (χ0v) is 18.3. The monoisotopic (exact) mass is 449 g/mol. The molecule has 1 unspecified atom stereocenters. The summed E-state index contributed by atoms with van der Waals surface area (Å²) < 4.78 is 28.8. The smallest absolute Gasteiger partial charge is 0.249 e. The van der Waals surface area contributed by atoms with Gasteiger partial charge < -0.3 is 10.8 Å². The first-order valence-electron chi connectivity index (χ1n) is 11.0. The third kappa shape index (κ3) is 3.47. The van der Waals surface area contributed by atoms with Gasteiger partial charge in [-0.1, -0.05) is 18.6 Å². The highest BCUT2D eigenvalue weighted by atomic mass is 19.1. The number of hydrogen-bond donors (Lipinski definition) is 2. The van der Waals surface area contributed by atoms with Crippen LogP contribution in [-0.4, -0.2) is 26.4 Å². The van der Waals surface area contributed by atoms with Crippen LogP contribution in [0.2, 0.25) is 0 Å². The Labute approximate surface area is 190 Å². The number of primary amides is 1. The van der Waals surface area contributed by atoms with Crippen molar-refractivity contribution in [1.29, 1.82) is 0 Å². The van der Waals surface area contributed by atoms with Gasteiger partial charge >= 0.3 is 0 Å². The van der Waals surface area contributed by atoms with Gasteiger partial charge in [-0.25, -0.2) is 13.5 Å². The molecule has 5 rings (SSSR count). The van der Waals surface area contributed by atoms with E-state index in [0.717, 1.165) is 35.0 Å². The van der Waals surface area contributed by atoms with E-state index < -0.39 is 22.7 Å². The van der Waals surface area contributed by atoms with E-state index in [1.807, 2.05) is 0 Å². The number of amides is 1. The summed E-state index contributed by atoms with van der Waals surface area (Å²) in [6, 6.07) is 10.2. The van der Waals surface area contributed by atoms with E-state index in [2.05, 4.69) is 18.1 Å². The Morgan fingerprint density at radius 3 is 2.64 bits per heavy atom. The zero-order valence-electron chi connectivity index (χ0n) is 18.3. The standard InChI is InChI=1S/C26H25F2N3O2/c1-25-14-17-15-30-31(21-6-4-19(27)5-7-21)23(17)12-18(25)9-11-26(25,33)10-8-16-2-3-20(28)13-22(16)24(29)32/h2-7,12-13,15,33H,8-11,14H2,1H3,(H2,29,32)/t25?,26-/m0/s1. The van der Waals surface area contributed by atoms with Crippen molar-refractivity contribution in [1.82, 2.24) is 9.78 Å². The number of aromatic nitrogens is 2. The van der Waals surface area contributed by atoms with E-state index in [1.165, 1.54) is 18.2 Å². The number of nitrogens with zero attached hydrogens (tertiary/aromatic N) is 2. The van der Waals surface area contributed by atoms with Gasteiger partial charge in [0.05, 0.1) is 23.2 Å². The summed E-state index contributed by atoms with van der Waals surface area (Å²) in [5.74, 6) is -1.49. The van der Waals surface area contributed by atoms with Crippen LogP contribution in [0.1, 0.15) is 53.4 Å². The van der Waals surface area contributed by atoms with Crippen LogP contribution in [0.25, 0.3) is 11.8 Å². The lowest BCUT2D eigenvalue weighted by Crippen LogP contribution is -2.45. The Kier molecular flexibility index (Phi) is 4.97. The number of aryl methyl sites for hydroxylation is 1. The highest BCUT2D eigenvalue weighted by Gasteiger charge is 2.54. The summed E-state index contributed by atoms with van der Waals surface area (Å²) in [7, 11) is 0. The number of rotatable bonds is 5. The highest BCUT2D eigenvalue weighted by molar-refractivity contribution is 5.94.